The summed E-state index contributed by atoms with van der Waals surface area (Å²) >= 11 is 0. The average molecular weight is 266 g/mol. The molecule has 0 aliphatic rings. The highest BCUT2D eigenvalue weighted by molar-refractivity contribution is 5.85. The third-order valence-electron chi connectivity index (χ3n) is 2.24. The first-order valence-corrected chi connectivity index (χ1v) is 5.29. The Morgan fingerprint density at radius 3 is 2.47 bits per heavy atom. The van der Waals surface area contributed by atoms with Gasteiger partial charge >= 0.3 is 6.61 Å². The quantitative estimate of drug-likeness (QED) is 0.880. The molecule has 0 spiro atoms. The number of benzene rings is 1. The predicted molar refractivity (Wildman–Crippen MR) is 66.7 cm³/mol. The normalized spacial score (nSPS) is 12.4. The predicted octanol–water partition coefficient (Wildman–Crippen LogP) is 3.76. The van der Waals surface area contributed by atoms with Gasteiger partial charge in [-0.05, 0) is 30.0 Å². The highest BCUT2D eigenvalue weighted by Gasteiger charge is 2.10. The molecular formula is C12H18ClF2NO. The molecule has 1 aromatic rings. The zero-order chi connectivity index (χ0) is 12.1. The Morgan fingerprint density at radius 1 is 1.29 bits per heavy atom. The summed E-state index contributed by atoms with van der Waals surface area (Å²) < 4.78 is 28.3. The molecule has 17 heavy (non-hydrogen) atoms. The van der Waals surface area contributed by atoms with Gasteiger partial charge in [0, 0.05) is 6.04 Å². The largest absolute Gasteiger partial charge is 0.435 e. The molecule has 2 N–H and O–H groups in total. The number of hydrogen-bond acceptors (Lipinski definition) is 2. The summed E-state index contributed by atoms with van der Waals surface area (Å²) in [5.74, 6) is 0.626. The van der Waals surface area contributed by atoms with E-state index in [0.717, 1.165) is 12.0 Å². The first-order chi connectivity index (χ1) is 7.49. The van der Waals surface area contributed by atoms with Crippen molar-refractivity contribution in [3.8, 4) is 5.75 Å². The maximum absolute atomic E-state index is 12.0. The van der Waals surface area contributed by atoms with Gasteiger partial charge in [-0.1, -0.05) is 26.0 Å². The first-order valence-electron chi connectivity index (χ1n) is 5.29. The van der Waals surface area contributed by atoms with Crippen molar-refractivity contribution in [3.63, 3.8) is 0 Å². The number of ether oxygens (including phenoxy) is 1. The molecule has 1 aromatic carbocycles. The lowest BCUT2D eigenvalue weighted by Crippen LogP contribution is -2.13. The van der Waals surface area contributed by atoms with E-state index in [9.17, 15) is 8.78 Å². The van der Waals surface area contributed by atoms with Crippen LogP contribution in [0.15, 0.2) is 24.3 Å². The summed E-state index contributed by atoms with van der Waals surface area (Å²) in [5.41, 5.74) is 6.78. The van der Waals surface area contributed by atoms with Crippen LogP contribution >= 0.6 is 12.4 Å². The van der Waals surface area contributed by atoms with Gasteiger partial charge in [0.1, 0.15) is 5.75 Å². The molecule has 0 radical (unpaired) electrons. The fraction of sp³-hybridized carbons (Fsp3) is 0.500. The highest BCUT2D eigenvalue weighted by Crippen LogP contribution is 2.23. The molecule has 0 aliphatic carbocycles. The molecule has 0 saturated carbocycles. The van der Waals surface area contributed by atoms with E-state index in [1.807, 2.05) is 6.07 Å². The Hall–Kier alpha value is -0.870. The number of rotatable bonds is 5. The summed E-state index contributed by atoms with van der Waals surface area (Å²) in [6.45, 7) is 1.34. The lowest BCUT2D eigenvalue weighted by Gasteiger charge is -2.15. The van der Waals surface area contributed by atoms with E-state index >= 15 is 0 Å². The fourth-order valence-electron chi connectivity index (χ4n) is 1.57. The van der Waals surface area contributed by atoms with Crippen molar-refractivity contribution in [2.75, 3.05) is 0 Å². The Kier molecular flexibility index (Phi) is 7.07. The summed E-state index contributed by atoms with van der Waals surface area (Å²) in [4.78, 5) is 0. The first kappa shape index (κ1) is 16.1. The van der Waals surface area contributed by atoms with Gasteiger partial charge in [0.2, 0.25) is 0 Å². The highest BCUT2D eigenvalue weighted by atomic mass is 35.5. The Balaban J connectivity index is 0.00000256. The molecule has 1 rings (SSSR count). The van der Waals surface area contributed by atoms with Crippen molar-refractivity contribution in [1.29, 1.82) is 0 Å². The van der Waals surface area contributed by atoms with Crippen LogP contribution in [0, 0.1) is 5.92 Å². The molecule has 5 heteroatoms. The molecule has 2 nitrogen and oxygen atoms in total. The monoisotopic (exact) mass is 265 g/mol. The van der Waals surface area contributed by atoms with Crippen LogP contribution in [0.4, 0.5) is 8.78 Å². The standard InChI is InChI=1S/C12H17F2NO.ClH/c1-8(2)6-11(15)9-4-3-5-10(7-9)16-12(13)14;/h3-5,7-8,11-12H,6,15H2,1-2H3;1H/t11-;/m1./s1. The van der Waals surface area contributed by atoms with Gasteiger partial charge in [0.25, 0.3) is 0 Å². The van der Waals surface area contributed by atoms with Crippen LogP contribution in [0.3, 0.4) is 0 Å². The lowest BCUT2D eigenvalue weighted by atomic mass is 9.98. The lowest BCUT2D eigenvalue weighted by molar-refractivity contribution is -0.0499. The van der Waals surface area contributed by atoms with Crippen LogP contribution in [0.1, 0.15) is 31.9 Å². The topological polar surface area (TPSA) is 35.2 Å². The van der Waals surface area contributed by atoms with Crippen LogP contribution in [0.25, 0.3) is 0 Å². The maximum atomic E-state index is 12.0. The van der Waals surface area contributed by atoms with Gasteiger partial charge in [-0.2, -0.15) is 8.78 Å². The van der Waals surface area contributed by atoms with Crippen molar-refractivity contribution in [1.82, 2.24) is 0 Å². The zero-order valence-electron chi connectivity index (χ0n) is 9.90. The van der Waals surface area contributed by atoms with E-state index in [2.05, 4.69) is 18.6 Å². The smallest absolute Gasteiger partial charge is 0.387 e. The molecule has 0 amide bonds. The maximum Gasteiger partial charge on any atom is 0.387 e. The second kappa shape index (κ2) is 7.45. The van der Waals surface area contributed by atoms with Crippen molar-refractivity contribution < 1.29 is 13.5 Å². The fourth-order valence-corrected chi connectivity index (χ4v) is 1.57. The van der Waals surface area contributed by atoms with E-state index in [1.54, 1.807) is 12.1 Å². The minimum Gasteiger partial charge on any atom is -0.435 e. The number of nitrogens with two attached hydrogens (primary N) is 1. The van der Waals surface area contributed by atoms with E-state index < -0.39 is 6.61 Å². The average Bonchev–Trinajstić information content (AvgIpc) is 2.16. The van der Waals surface area contributed by atoms with E-state index in [0.29, 0.717) is 5.92 Å². The Bertz CT molecular complexity index is 334. The van der Waals surface area contributed by atoms with Crippen molar-refractivity contribution in [2.24, 2.45) is 11.7 Å². The molecule has 0 aromatic heterocycles. The molecule has 0 aliphatic heterocycles. The third-order valence-corrected chi connectivity index (χ3v) is 2.24. The molecule has 0 unspecified atom stereocenters. The summed E-state index contributed by atoms with van der Waals surface area (Å²) in [7, 11) is 0. The molecule has 0 saturated heterocycles. The minimum absolute atomic E-state index is 0. The SMILES string of the molecule is CC(C)C[C@@H](N)c1cccc(OC(F)F)c1.Cl. The van der Waals surface area contributed by atoms with E-state index in [4.69, 9.17) is 5.73 Å². The van der Waals surface area contributed by atoms with Crippen LogP contribution in [0.5, 0.6) is 5.75 Å². The van der Waals surface area contributed by atoms with Crippen LogP contribution in [-0.4, -0.2) is 6.61 Å². The third kappa shape index (κ3) is 5.84. The molecule has 1 atom stereocenters. The summed E-state index contributed by atoms with van der Waals surface area (Å²) in [6, 6.07) is 6.43. The van der Waals surface area contributed by atoms with Crippen LogP contribution in [-0.2, 0) is 0 Å². The van der Waals surface area contributed by atoms with Crippen molar-refractivity contribution in [3.05, 3.63) is 29.8 Å². The minimum atomic E-state index is -2.79. The molecule has 0 bridgehead atoms. The second-order valence-electron chi connectivity index (χ2n) is 4.19. The Morgan fingerprint density at radius 2 is 1.94 bits per heavy atom. The number of hydrogen-bond donors (Lipinski definition) is 1. The van der Waals surface area contributed by atoms with Gasteiger partial charge in [-0.25, -0.2) is 0 Å². The molecule has 0 heterocycles. The molecule has 98 valence electrons. The number of halogens is 3. The second-order valence-corrected chi connectivity index (χ2v) is 4.19. The van der Waals surface area contributed by atoms with E-state index in [-0.39, 0.29) is 24.2 Å². The summed E-state index contributed by atoms with van der Waals surface area (Å²) in [5, 5.41) is 0. The van der Waals surface area contributed by atoms with Crippen LogP contribution < -0.4 is 10.5 Å². The van der Waals surface area contributed by atoms with Gasteiger partial charge in [0.05, 0.1) is 0 Å². The summed E-state index contributed by atoms with van der Waals surface area (Å²) in [6.07, 6.45) is 0.818. The molecule has 0 fully saturated rings. The Labute approximate surface area is 107 Å². The number of alkyl halides is 2. The van der Waals surface area contributed by atoms with E-state index in [1.165, 1.54) is 6.07 Å². The van der Waals surface area contributed by atoms with Crippen molar-refractivity contribution in [2.45, 2.75) is 32.9 Å². The van der Waals surface area contributed by atoms with Gasteiger partial charge in [-0.3, -0.25) is 0 Å². The van der Waals surface area contributed by atoms with Crippen LogP contribution in [0.2, 0.25) is 0 Å². The van der Waals surface area contributed by atoms with Crippen molar-refractivity contribution >= 4 is 12.4 Å². The zero-order valence-corrected chi connectivity index (χ0v) is 10.7. The van der Waals surface area contributed by atoms with Gasteiger partial charge in [-0.15, -0.1) is 12.4 Å². The molecular weight excluding hydrogens is 248 g/mol. The van der Waals surface area contributed by atoms with Gasteiger partial charge < -0.3 is 10.5 Å². The van der Waals surface area contributed by atoms with Gasteiger partial charge in [0.15, 0.2) is 0 Å².